The molecule has 1 N–H and O–H groups in total. The highest BCUT2D eigenvalue weighted by atomic mass is 16.6. The predicted molar refractivity (Wildman–Crippen MR) is 306 cm³/mol. The highest BCUT2D eigenvalue weighted by Gasteiger charge is 2.16. The molecule has 0 aliphatic carbocycles. The number of hydrogen-bond donors (Lipinski definition) is 1. The van der Waals surface area contributed by atoms with Crippen LogP contribution in [0.25, 0.3) is 0 Å². The van der Waals surface area contributed by atoms with Gasteiger partial charge in [0.1, 0.15) is 6.61 Å². The highest BCUT2D eigenvalue weighted by Crippen LogP contribution is 2.16. The van der Waals surface area contributed by atoms with Crippen molar-refractivity contribution >= 4 is 11.9 Å². The first-order valence-corrected chi connectivity index (χ1v) is 29.8. The van der Waals surface area contributed by atoms with Crippen molar-refractivity contribution in [3.8, 4) is 0 Å². The summed E-state index contributed by atoms with van der Waals surface area (Å²) in [6, 6.07) is 0. The van der Waals surface area contributed by atoms with E-state index in [4.69, 9.17) is 9.47 Å². The average molecular weight is 974 g/mol. The van der Waals surface area contributed by atoms with Crippen molar-refractivity contribution in [2.75, 3.05) is 13.2 Å². The third-order valence-electron chi connectivity index (χ3n) is 12.9. The van der Waals surface area contributed by atoms with Crippen molar-refractivity contribution in [3.63, 3.8) is 0 Å². The number of allylic oxidation sites excluding steroid dienone is 16. The molecule has 5 nitrogen and oxygen atoms in total. The van der Waals surface area contributed by atoms with Crippen LogP contribution < -0.4 is 0 Å². The van der Waals surface area contributed by atoms with Crippen molar-refractivity contribution in [1.29, 1.82) is 0 Å². The van der Waals surface area contributed by atoms with E-state index in [0.717, 1.165) is 96.3 Å². The molecule has 0 rings (SSSR count). The van der Waals surface area contributed by atoms with Crippen molar-refractivity contribution in [2.24, 2.45) is 0 Å². The van der Waals surface area contributed by atoms with Crippen LogP contribution >= 0.6 is 0 Å². The average Bonchev–Trinajstić information content (AvgIpc) is 3.36. The summed E-state index contributed by atoms with van der Waals surface area (Å²) < 4.78 is 10.7. The number of carbonyl (C=O) groups is 2. The molecule has 1 atom stereocenters. The van der Waals surface area contributed by atoms with Crippen LogP contribution in [-0.4, -0.2) is 36.4 Å². The molecule has 1 unspecified atom stereocenters. The van der Waals surface area contributed by atoms with Gasteiger partial charge in [0.05, 0.1) is 6.61 Å². The van der Waals surface area contributed by atoms with E-state index in [1.54, 1.807) is 0 Å². The maximum Gasteiger partial charge on any atom is 0.306 e. The van der Waals surface area contributed by atoms with Crippen LogP contribution in [0.1, 0.15) is 284 Å². The Kier molecular flexibility index (Phi) is 57.4. The van der Waals surface area contributed by atoms with Gasteiger partial charge in [-0.15, -0.1) is 0 Å². The summed E-state index contributed by atoms with van der Waals surface area (Å²) >= 11 is 0. The molecular formula is C65H112O5. The molecule has 0 spiro atoms. The third kappa shape index (κ3) is 57.4. The van der Waals surface area contributed by atoms with E-state index in [2.05, 4.69) is 111 Å². The molecule has 0 amide bonds. The molecule has 0 aromatic carbocycles. The van der Waals surface area contributed by atoms with Crippen LogP contribution in [0.3, 0.4) is 0 Å². The Bertz CT molecular complexity index is 1330. The minimum atomic E-state index is -0.791. The molecule has 0 saturated heterocycles. The molecule has 0 radical (unpaired) electrons. The zero-order chi connectivity index (χ0) is 50.6. The SMILES string of the molecule is CC/C=C\C/C=C\C/C=C\C/C=C\C/C=C\C/C=C\CCCCCCC(=O)OC(CO)COC(=O)CCCCCCCCCCCCCCCCCCCCCCC/C=C\C/C=C\CCCCCCC. The third-order valence-corrected chi connectivity index (χ3v) is 12.9. The molecule has 0 saturated carbocycles. The van der Waals surface area contributed by atoms with Crippen LogP contribution in [-0.2, 0) is 19.1 Å². The summed E-state index contributed by atoms with van der Waals surface area (Å²) in [6.45, 7) is 4.01. The molecular weight excluding hydrogens is 861 g/mol. The van der Waals surface area contributed by atoms with Gasteiger partial charge in [0.25, 0.3) is 0 Å². The summed E-state index contributed by atoms with van der Waals surface area (Å²) in [4.78, 5) is 24.5. The molecule has 0 aromatic rings. The Labute approximate surface area is 434 Å². The van der Waals surface area contributed by atoms with Crippen molar-refractivity contribution in [2.45, 2.75) is 290 Å². The molecule has 0 bridgehead atoms. The fourth-order valence-electron chi connectivity index (χ4n) is 8.41. The minimum Gasteiger partial charge on any atom is -0.462 e. The Balaban J connectivity index is 3.50. The van der Waals surface area contributed by atoms with Gasteiger partial charge in [-0.05, 0) is 96.3 Å². The van der Waals surface area contributed by atoms with Crippen molar-refractivity contribution in [3.05, 3.63) is 97.2 Å². The van der Waals surface area contributed by atoms with Crippen molar-refractivity contribution in [1.82, 2.24) is 0 Å². The molecule has 5 heteroatoms. The largest absolute Gasteiger partial charge is 0.462 e. The van der Waals surface area contributed by atoms with Gasteiger partial charge in [-0.3, -0.25) is 9.59 Å². The topological polar surface area (TPSA) is 72.8 Å². The maximum atomic E-state index is 12.3. The van der Waals surface area contributed by atoms with Gasteiger partial charge in [-0.2, -0.15) is 0 Å². The van der Waals surface area contributed by atoms with Gasteiger partial charge in [0, 0.05) is 12.8 Å². The van der Waals surface area contributed by atoms with Crippen molar-refractivity contribution < 1.29 is 24.2 Å². The number of esters is 2. The fourth-order valence-corrected chi connectivity index (χ4v) is 8.41. The second-order valence-electron chi connectivity index (χ2n) is 19.7. The zero-order valence-electron chi connectivity index (χ0n) is 46.0. The van der Waals surface area contributed by atoms with Gasteiger partial charge < -0.3 is 14.6 Å². The summed E-state index contributed by atoms with van der Waals surface area (Å²) in [7, 11) is 0. The number of rotatable bonds is 54. The number of aliphatic hydroxyl groups excluding tert-OH is 1. The molecule has 0 aliphatic heterocycles. The first-order chi connectivity index (χ1) is 34.6. The number of hydrogen-bond acceptors (Lipinski definition) is 5. The van der Waals surface area contributed by atoms with Crippen LogP contribution in [0.4, 0.5) is 0 Å². The lowest BCUT2D eigenvalue weighted by molar-refractivity contribution is -0.161. The predicted octanol–water partition coefficient (Wildman–Crippen LogP) is 20.3. The van der Waals surface area contributed by atoms with E-state index in [1.807, 2.05) is 0 Å². The summed E-state index contributed by atoms with van der Waals surface area (Å²) in [5, 5.41) is 9.66. The molecule has 0 aromatic heterocycles. The Morgan fingerprint density at radius 2 is 0.614 bits per heavy atom. The quantitative estimate of drug-likeness (QED) is 0.0373. The number of unbranched alkanes of at least 4 members (excludes halogenated alkanes) is 30. The fraction of sp³-hybridized carbons (Fsp3) is 0.723. The summed E-state index contributed by atoms with van der Waals surface area (Å²) in [5.74, 6) is -0.615. The number of carbonyl (C=O) groups excluding carboxylic acids is 2. The Hall–Kier alpha value is -3.18. The lowest BCUT2D eigenvalue weighted by Crippen LogP contribution is -2.28. The number of ether oxygens (including phenoxy) is 2. The molecule has 0 heterocycles. The first-order valence-electron chi connectivity index (χ1n) is 29.8. The van der Waals surface area contributed by atoms with Gasteiger partial charge in [-0.1, -0.05) is 272 Å². The lowest BCUT2D eigenvalue weighted by Gasteiger charge is -2.15. The smallest absolute Gasteiger partial charge is 0.306 e. The van der Waals surface area contributed by atoms with E-state index < -0.39 is 6.10 Å². The molecule has 402 valence electrons. The second-order valence-corrected chi connectivity index (χ2v) is 19.7. The molecule has 70 heavy (non-hydrogen) atoms. The molecule has 0 fully saturated rings. The lowest BCUT2D eigenvalue weighted by atomic mass is 10.0. The Morgan fingerprint density at radius 3 is 0.929 bits per heavy atom. The zero-order valence-corrected chi connectivity index (χ0v) is 46.0. The van der Waals surface area contributed by atoms with Crippen LogP contribution in [0.5, 0.6) is 0 Å². The van der Waals surface area contributed by atoms with Crippen LogP contribution in [0.15, 0.2) is 97.2 Å². The highest BCUT2D eigenvalue weighted by molar-refractivity contribution is 5.70. The maximum absolute atomic E-state index is 12.3. The normalized spacial score (nSPS) is 12.9. The number of aliphatic hydroxyl groups is 1. The summed E-state index contributed by atoms with van der Waals surface area (Å²) in [6.07, 6.45) is 85.4. The van der Waals surface area contributed by atoms with Gasteiger partial charge in [-0.25, -0.2) is 0 Å². The van der Waals surface area contributed by atoms with E-state index in [0.29, 0.717) is 12.8 Å². The Morgan fingerprint density at radius 1 is 0.343 bits per heavy atom. The standard InChI is InChI=1S/C65H112O5/c1-3-5-7-9-11-13-15-17-19-21-23-25-27-28-29-30-31-32-33-34-35-36-38-39-41-43-45-47-49-51-53-55-57-59-64(67)69-62-63(61-66)70-65(68)60-58-56-54-52-50-48-46-44-42-40-37-26-24-22-20-18-16-14-12-10-8-6-4-2/h6,8,12,14-15,17-18,20-21,23-24,26,40,42,46,48,63,66H,3-5,7,9-11,13,16,19,22,25,27-39,41,43-45,47,49-62H2,1-2H3/b8-6-,14-12-,17-15-,20-18-,23-21-,26-24-,42-40-,48-46-. The second kappa shape index (κ2) is 60.1. The van der Waals surface area contributed by atoms with E-state index in [-0.39, 0.29) is 25.2 Å². The van der Waals surface area contributed by atoms with E-state index in [9.17, 15) is 14.7 Å². The van der Waals surface area contributed by atoms with E-state index >= 15 is 0 Å². The van der Waals surface area contributed by atoms with Gasteiger partial charge in [0.2, 0.25) is 0 Å². The van der Waals surface area contributed by atoms with Crippen LogP contribution in [0.2, 0.25) is 0 Å². The van der Waals surface area contributed by atoms with Gasteiger partial charge >= 0.3 is 11.9 Å². The molecule has 0 aliphatic rings. The van der Waals surface area contributed by atoms with E-state index in [1.165, 1.54) is 161 Å². The monoisotopic (exact) mass is 973 g/mol. The minimum absolute atomic E-state index is 0.0791. The van der Waals surface area contributed by atoms with Crippen LogP contribution in [0, 0.1) is 0 Å². The van der Waals surface area contributed by atoms with Gasteiger partial charge in [0.15, 0.2) is 6.10 Å². The summed E-state index contributed by atoms with van der Waals surface area (Å²) in [5.41, 5.74) is 0. The first kappa shape index (κ1) is 66.8.